The van der Waals surface area contributed by atoms with E-state index in [0.29, 0.717) is 6.42 Å². The van der Waals surface area contributed by atoms with Gasteiger partial charge in [0.15, 0.2) is 4.96 Å². The average Bonchev–Trinajstić information content (AvgIpc) is 2.93. The molecule has 1 atom stereocenters. The van der Waals surface area contributed by atoms with Gasteiger partial charge in [0.05, 0.1) is 11.8 Å². The molecule has 0 aliphatic rings. The van der Waals surface area contributed by atoms with E-state index in [-0.39, 0.29) is 0 Å². The first kappa shape index (κ1) is 12.4. The third-order valence-corrected chi connectivity index (χ3v) is 4.32. The maximum Gasteiger partial charge on any atom is 0.193 e. The number of nitrogens with zero attached hydrogens (tertiary/aromatic N) is 2. The number of aromatic nitrogens is 2. The number of benzene rings is 1. The maximum absolute atomic E-state index is 10.4. The van der Waals surface area contributed by atoms with Crippen LogP contribution in [0.15, 0.2) is 36.0 Å². The standard InChI is InChI=1S/C15H16N2OS/c1-10-4-3-5-13(11(10)2)14(18)8-12-9-17-6-7-19-15(17)16-12/h3-7,9,14,18H,8H2,1-2H3. The highest BCUT2D eigenvalue weighted by Crippen LogP contribution is 2.24. The molecule has 1 unspecified atom stereocenters. The van der Waals surface area contributed by atoms with E-state index in [1.807, 2.05) is 34.3 Å². The molecule has 3 nitrogen and oxygen atoms in total. The number of aliphatic hydroxyl groups is 1. The van der Waals surface area contributed by atoms with E-state index in [9.17, 15) is 5.11 Å². The molecule has 3 aromatic rings. The Kier molecular flexibility index (Phi) is 3.12. The number of imidazole rings is 1. The van der Waals surface area contributed by atoms with Crippen molar-refractivity contribution < 1.29 is 5.11 Å². The Bertz CT molecular complexity index is 685. The molecule has 2 aromatic heterocycles. The lowest BCUT2D eigenvalue weighted by molar-refractivity contribution is 0.176. The van der Waals surface area contributed by atoms with E-state index in [2.05, 4.69) is 24.9 Å². The van der Waals surface area contributed by atoms with Gasteiger partial charge in [-0.2, -0.15) is 0 Å². The molecule has 19 heavy (non-hydrogen) atoms. The molecule has 4 heteroatoms. The summed E-state index contributed by atoms with van der Waals surface area (Å²) in [5.41, 5.74) is 4.30. The van der Waals surface area contributed by atoms with Gasteiger partial charge in [0, 0.05) is 24.2 Å². The van der Waals surface area contributed by atoms with E-state index in [1.165, 1.54) is 5.56 Å². The van der Waals surface area contributed by atoms with Crippen molar-refractivity contribution in [2.24, 2.45) is 0 Å². The van der Waals surface area contributed by atoms with Crippen LogP contribution in [0.4, 0.5) is 0 Å². The lowest BCUT2D eigenvalue weighted by atomic mass is 9.97. The van der Waals surface area contributed by atoms with Crippen LogP contribution >= 0.6 is 11.3 Å². The molecule has 0 saturated heterocycles. The van der Waals surface area contributed by atoms with Gasteiger partial charge < -0.3 is 5.11 Å². The molecule has 2 heterocycles. The average molecular weight is 272 g/mol. The van der Waals surface area contributed by atoms with Crippen LogP contribution in [0.5, 0.6) is 0 Å². The van der Waals surface area contributed by atoms with Crippen molar-refractivity contribution in [1.82, 2.24) is 9.38 Å². The molecular formula is C15H16N2OS. The Morgan fingerprint density at radius 1 is 1.37 bits per heavy atom. The van der Waals surface area contributed by atoms with Crippen LogP contribution in [-0.2, 0) is 6.42 Å². The van der Waals surface area contributed by atoms with Crippen molar-refractivity contribution in [1.29, 1.82) is 0 Å². The summed E-state index contributed by atoms with van der Waals surface area (Å²) in [7, 11) is 0. The van der Waals surface area contributed by atoms with Gasteiger partial charge in [-0.3, -0.25) is 4.40 Å². The molecule has 1 N–H and O–H groups in total. The van der Waals surface area contributed by atoms with E-state index in [4.69, 9.17) is 0 Å². The lowest BCUT2D eigenvalue weighted by Crippen LogP contribution is -2.05. The zero-order chi connectivity index (χ0) is 13.4. The smallest absolute Gasteiger partial charge is 0.193 e. The van der Waals surface area contributed by atoms with Crippen LogP contribution in [0.3, 0.4) is 0 Å². The lowest BCUT2D eigenvalue weighted by Gasteiger charge is -2.14. The van der Waals surface area contributed by atoms with Gasteiger partial charge >= 0.3 is 0 Å². The Hall–Kier alpha value is -1.65. The summed E-state index contributed by atoms with van der Waals surface area (Å²) < 4.78 is 2.00. The molecule has 0 radical (unpaired) electrons. The van der Waals surface area contributed by atoms with Crippen LogP contribution in [0.1, 0.15) is 28.5 Å². The van der Waals surface area contributed by atoms with Gasteiger partial charge in [-0.15, -0.1) is 11.3 Å². The highest BCUT2D eigenvalue weighted by Gasteiger charge is 2.14. The van der Waals surface area contributed by atoms with Gasteiger partial charge in [-0.1, -0.05) is 18.2 Å². The summed E-state index contributed by atoms with van der Waals surface area (Å²) in [6.45, 7) is 4.12. The fourth-order valence-corrected chi connectivity index (χ4v) is 3.04. The van der Waals surface area contributed by atoms with Crippen LogP contribution < -0.4 is 0 Å². The summed E-state index contributed by atoms with van der Waals surface area (Å²) in [6.07, 6.45) is 4.03. The summed E-state index contributed by atoms with van der Waals surface area (Å²) in [4.78, 5) is 5.49. The zero-order valence-corrected chi connectivity index (χ0v) is 11.8. The second kappa shape index (κ2) is 4.79. The second-order valence-electron chi connectivity index (χ2n) is 4.83. The van der Waals surface area contributed by atoms with E-state index in [0.717, 1.165) is 21.8 Å². The Balaban J connectivity index is 1.86. The molecule has 0 spiro atoms. The molecule has 0 saturated carbocycles. The van der Waals surface area contributed by atoms with Gasteiger partial charge in [0.2, 0.25) is 0 Å². The molecule has 98 valence electrons. The molecule has 0 aliphatic heterocycles. The third-order valence-electron chi connectivity index (χ3n) is 3.55. The topological polar surface area (TPSA) is 37.5 Å². The third kappa shape index (κ3) is 2.29. The number of aryl methyl sites for hydroxylation is 1. The fraction of sp³-hybridized carbons (Fsp3) is 0.267. The van der Waals surface area contributed by atoms with Crippen LogP contribution in [0, 0.1) is 13.8 Å². The largest absolute Gasteiger partial charge is 0.388 e. The number of thiazole rings is 1. The van der Waals surface area contributed by atoms with Crippen molar-refractivity contribution in [3.8, 4) is 0 Å². The summed E-state index contributed by atoms with van der Waals surface area (Å²) in [6, 6.07) is 6.05. The first-order chi connectivity index (χ1) is 9.15. The second-order valence-corrected chi connectivity index (χ2v) is 5.71. The molecule has 1 aromatic carbocycles. The number of aliphatic hydroxyl groups excluding tert-OH is 1. The highest BCUT2D eigenvalue weighted by atomic mass is 32.1. The van der Waals surface area contributed by atoms with Crippen molar-refractivity contribution in [3.05, 3.63) is 58.4 Å². The Morgan fingerprint density at radius 3 is 3.00 bits per heavy atom. The molecule has 0 amide bonds. The van der Waals surface area contributed by atoms with E-state index in [1.54, 1.807) is 11.3 Å². The van der Waals surface area contributed by atoms with Crippen LogP contribution in [-0.4, -0.2) is 14.5 Å². The zero-order valence-electron chi connectivity index (χ0n) is 11.0. The number of rotatable bonds is 3. The minimum Gasteiger partial charge on any atom is -0.388 e. The molecular weight excluding hydrogens is 256 g/mol. The number of hydrogen-bond acceptors (Lipinski definition) is 3. The normalized spacial score (nSPS) is 13.0. The predicted molar refractivity (Wildman–Crippen MR) is 77.6 cm³/mol. The minimum atomic E-state index is -0.496. The summed E-state index contributed by atoms with van der Waals surface area (Å²) >= 11 is 1.61. The minimum absolute atomic E-state index is 0.496. The van der Waals surface area contributed by atoms with Crippen molar-refractivity contribution >= 4 is 16.3 Å². The molecule has 3 rings (SSSR count). The van der Waals surface area contributed by atoms with Gasteiger partial charge in [0.1, 0.15) is 0 Å². The van der Waals surface area contributed by atoms with E-state index >= 15 is 0 Å². The predicted octanol–water partition coefficient (Wildman–Crippen LogP) is 3.29. The fourth-order valence-electron chi connectivity index (χ4n) is 2.32. The monoisotopic (exact) mass is 272 g/mol. The molecule has 0 fully saturated rings. The first-order valence-corrected chi connectivity index (χ1v) is 7.18. The van der Waals surface area contributed by atoms with Crippen LogP contribution in [0.2, 0.25) is 0 Å². The molecule has 0 bridgehead atoms. The highest BCUT2D eigenvalue weighted by molar-refractivity contribution is 7.15. The number of fused-ring (bicyclic) bond motifs is 1. The quantitative estimate of drug-likeness (QED) is 0.794. The SMILES string of the molecule is Cc1cccc(C(O)Cc2cn3ccsc3n2)c1C. The number of hydrogen-bond donors (Lipinski definition) is 1. The van der Waals surface area contributed by atoms with Crippen molar-refractivity contribution in [2.75, 3.05) is 0 Å². The van der Waals surface area contributed by atoms with Gasteiger partial charge in [0.25, 0.3) is 0 Å². The Labute approximate surface area is 116 Å². The van der Waals surface area contributed by atoms with Crippen LogP contribution in [0.25, 0.3) is 4.96 Å². The Morgan fingerprint density at radius 2 is 2.21 bits per heavy atom. The molecule has 0 aliphatic carbocycles. The van der Waals surface area contributed by atoms with Gasteiger partial charge in [-0.25, -0.2) is 4.98 Å². The van der Waals surface area contributed by atoms with Crippen molar-refractivity contribution in [2.45, 2.75) is 26.4 Å². The first-order valence-electron chi connectivity index (χ1n) is 6.30. The van der Waals surface area contributed by atoms with Gasteiger partial charge in [-0.05, 0) is 30.5 Å². The summed E-state index contributed by atoms with van der Waals surface area (Å²) in [5.74, 6) is 0. The van der Waals surface area contributed by atoms with E-state index < -0.39 is 6.10 Å². The maximum atomic E-state index is 10.4. The van der Waals surface area contributed by atoms with Crippen molar-refractivity contribution in [3.63, 3.8) is 0 Å². The summed E-state index contributed by atoms with van der Waals surface area (Å²) in [5, 5.41) is 12.4.